The molecule has 0 amide bonds. The van der Waals surface area contributed by atoms with E-state index in [0.29, 0.717) is 22.8 Å². The molecule has 0 aliphatic carbocycles. The molecular formula is C20H14F3N5O2. The predicted octanol–water partition coefficient (Wildman–Crippen LogP) is 4.56. The number of aryl methyl sites for hydroxylation is 1. The first-order valence-electron chi connectivity index (χ1n) is 8.72. The first-order chi connectivity index (χ1) is 14.2. The lowest BCUT2D eigenvalue weighted by molar-refractivity contribution is -0.137. The molecule has 0 atom stereocenters. The minimum Gasteiger partial charge on any atom is -0.478 e. The fourth-order valence-corrected chi connectivity index (χ4v) is 3.02. The predicted molar refractivity (Wildman–Crippen MR) is 103 cm³/mol. The highest BCUT2D eigenvalue weighted by molar-refractivity contribution is 5.88. The van der Waals surface area contributed by atoms with E-state index in [1.165, 1.54) is 24.5 Å². The van der Waals surface area contributed by atoms with Gasteiger partial charge in [-0.2, -0.15) is 13.2 Å². The van der Waals surface area contributed by atoms with E-state index >= 15 is 0 Å². The first-order valence-corrected chi connectivity index (χ1v) is 8.72. The summed E-state index contributed by atoms with van der Waals surface area (Å²) in [5.74, 6) is -0.784. The van der Waals surface area contributed by atoms with Crippen molar-refractivity contribution in [2.75, 3.05) is 5.32 Å². The largest absolute Gasteiger partial charge is 0.478 e. The van der Waals surface area contributed by atoms with Crippen molar-refractivity contribution in [3.63, 3.8) is 0 Å². The molecule has 10 heteroatoms. The lowest BCUT2D eigenvalue weighted by Crippen LogP contribution is -2.05. The van der Waals surface area contributed by atoms with Gasteiger partial charge in [0, 0.05) is 18.1 Å². The maximum absolute atomic E-state index is 13.0. The standard InChI is InChI=1S/C20H14F3N5O2/c1-11-17(28-9-7-13(20(21,22)23)10-16(28)25-11)15-6-8-24-19(27-15)26-14-4-2-12(3-5-14)18(29)30/h2-10H,1H3,(H,29,30)(H,24,26,27). The number of nitrogens with zero attached hydrogens (tertiary/aromatic N) is 4. The normalized spacial score (nSPS) is 11.6. The van der Waals surface area contributed by atoms with E-state index < -0.39 is 17.7 Å². The number of pyridine rings is 1. The smallest absolute Gasteiger partial charge is 0.416 e. The van der Waals surface area contributed by atoms with Crippen LogP contribution in [0.2, 0.25) is 0 Å². The number of benzene rings is 1. The summed E-state index contributed by atoms with van der Waals surface area (Å²) in [4.78, 5) is 23.7. The molecule has 0 spiro atoms. The van der Waals surface area contributed by atoms with Crippen LogP contribution in [0, 0.1) is 6.92 Å². The van der Waals surface area contributed by atoms with Gasteiger partial charge in [0.2, 0.25) is 5.95 Å². The van der Waals surface area contributed by atoms with Crippen LogP contribution in [0.3, 0.4) is 0 Å². The number of carboxylic acid groups (broad SMARTS) is 1. The molecule has 2 N–H and O–H groups in total. The summed E-state index contributed by atoms with van der Waals surface area (Å²) in [6, 6.07) is 9.66. The average Bonchev–Trinajstić information content (AvgIpc) is 3.03. The van der Waals surface area contributed by atoms with Crippen LogP contribution in [0.1, 0.15) is 21.6 Å². The number of hydrogen-bond acceptors (Lipinski definition) is 5. The maximum Gasteiger partial charge on any atom is 0.416 e. The Bertz CT molecular complexity index is 1250. The van der Waals surface area contributed by atoms with Crippen molar-refractivity contribution in [1.29, 1.82) is 0 Å². The number of rotatable bonds is 4. The van der Waals surface area contributed by atoms with Gasteiger partial charge in [-0.25, -0.2) is 19.7 Å². The van der Waals surface area contributed by atoms with E-state index in [1.54, 1.807) is 29.5 Å². The second kappa shape index (κ2) is 7.14. The lowest BCUT2D eigenvalue weighted by Gasteiger charge is -2.09. The third-order valence-electron chi connectivity index (χ3n) is 4.41. The SMILES string of the molecule is Cc1nc2cc(C(F)(F)F)ccn2c1-c1ccnc(Nc2ccc(C(=O)O)cc2)n1. The lowest BCUT2D eigenvalue weighted by atomic mass is 10.2. The van der Waals surface area contributed by atoms with E-state index in [2.05, 4.69) is 20.3 Å². The van der Waals surface area contributed by atoms with Crippen molar-refractivity contribution in [2.24, 2.45) is 0 Å². The maximum atomic E-state index is 13.0. The van der Waals surface area contributed by atoms with Gasteiger partial charge in [-0.05, 0) is 49.4 Å². The molecule has 0 fully saturated rings. The Morgan fingerprint density at radius 1 is 1.10 bits per heavy atom. The molecule has 0 aliphatic rings. The Kier molecular flexibility index (Phi) is 4.61. The van der Waals surface area contributed by atoms with Crippen molar-refractivity contribution < 1.29 is 23.1 Å². The van der Waals surface area contributed by atoms with Gasteiger partial charge in [-0.15, -0.1) is 0 Å². The summed E-state index contributed by atoms with van der Waals surface area (Å²) in [6.45, 7) is 1.69. The van der Waals surface area contributed by atoms with Gasteiger partial charge >= 0.3 is 12.1 Å². The molecule has 4 aromatic rings. The van der Waals surface area contributed by atoms with Crippen LogP contribution < -0.4 is 5.32 Å². The second-order valence-electron chi connectivity index (χ2n) is 6.46. The second-order valence-corrected chi connectivity index (χ2v) is 6.46. The van der Waals surface area contributed by atoms with Gasteiger partial charge in [0.25, 0.3) is 0 Å². The number of carbonyl (C=O) groups is 1. The van der Waals surface area contributed by atoms with Crippen LogP contribution in [-0.2, 0) is 6.18 Å². The zero-order valence-electron chi connectivity index (χ0n) is 15.5. The van der Waals surface area contributed by atoms with E-state index in [1.807, 2.05) is 0 Å². The summed E-state index contributed by atoms with van der Waals surface area (Å²) in [7, 11) is 0. The minimum absolute atomic E-state index is 0.148. The van der Waals surface area contributed by atoms with Crippen LogP contribution in [-0.4, -0.2) is 30.4 Å². The Hall–Kier alpha value is -3.95. The van der Waals surface area contributed by atoms with E-state index in [-0.39, 0.29) is 17.2 Å². The van der Waals surface area contributed by atoms with Crippen LogP contribution in [0.15, 0.2) is 54.9 Å². The van der Waals surface area contributed by atoms with Crippen LogP contribution in [0.5, 0.6) is 0 Å². The average molecular weight is 413 g/mol. The molecule has 3 heterocycles. The van der Waals surface area contributed by atoms with Crippen LogP contribution >= 0.6 is 0 Å². The molecule has 4 rings (SSSR count). The molecule has 0 saturated heterocycles. The summed E-state index contributed by atoms with van der Waals surface area (Å²) in [6.07, 6.45) is -1.63. The highest BCUT2D eigenvalue weighted by Crippen LogP contribution is 2.31. The monoisotopic (exact) mass is 413 g/mol. The van der Waals surface area contributed by atoms with Gasteiger partial charge in [-0.3, -0.25) is 4.40 Å². The molecular weight excluding hydrogens is 399 g/mol. The van der Waals surface area contributed by atoms with Gasteiger partial charge in [-0.1, -0.05) is 0 Å². The quantitative estimate of drug-likeness (QED) is 0.510. The number of imidazole rings is 1. The van der Waals surface area contributed by atoms with Crippen molar-refractivity contribution in [3.05, 3.63) is 71.7 Å². The van der Waals surface area contributed by atoms with Crippen molar-refractivity contribution in [1.82, 2.24) is 19.4 Å². The van der Waals surface area contributed by atoms with E-state index in [4.69, 9.17) is 5.11 Å². The number of fused-ring (bicyclic) bond motifs is 1. The highest BCUT2D eigenvalue weighted by atomic mass is 19.4. The number of aromatic carboxylic acids is 1. The summed E-state index contributed by atoms with van der Waals surface area (Å²) < 4.78 is 40.5. The molecule has 3 aromatic heterocycles. The molecule has 0 saturated carbocycles. The van der Waals surface area contributed by atoms with Gasteiger partial charge in [0.15, 0.2) is 0 Å². The summed E-state index contributed by atoms with van der Waals surface area (Å²) in [5.41, 5.74) is 1.65. The molecule has 0 aliphatic heterocycles. The zero-order chi connectivity index (χ0) is 21.5. The van der Waals surface area contributed by atoms with Crippen LogP contribution in [0.25, 0.3) is 17.0 Å². The number of halogens is 3. The molecule has 1 aromatic carbocycles. The highest BCUT2D eigenvalue weighted by Gasteiger charge is 2.31. The molecule has 0 radical (unpaired) electrons. The zero-order valence-corrected chi connectivity index (χ0v) is 15.5. The molecule has 0 unspecified atom stereocenters. The Morgan fingerprint density at radius 2 is 1.83 bits per heavy atom. The third kappa shape index (κ3) is 3.66. The van der Waals surface area contributed by atoms with E-state index in [0.717, 1.165) is 12.1 Å². The fraction of sp³-hybridized carbons (Fsp3) is 0.100. The number of carboxylic acids is 1. The number of hydrogen-bond donors (Lipinski definition) is 2. The summed E-state index contributed by atoms with van der Waals surface area (Å²) >= 11 is 0. The minimum atomic E-state index is -4.45. The number of aromatic nitrogens is 4. The van der Waals surface area contributed by atoms with Crippen molar-refractivity contribution >= 4 is 23.3 Å². The Labute approximate surface area is 167 Å². The Balaban J connectivity index is 1.69. The number of alkyl halides is 3. The third-order valence-corrected chi connectivity index (χ3v) is 4.41. The molecule has 152 valence electrons. The summed E-state index contributed by atoms with van der Waals surface area (Å²) in [5, 5.41) is 11.9. The van der Waals surface area contributed by atoms with Gasteiger partial charge in [0.05, 0.1) is 28.2 Å². The molecule has 7 nitrogen and oxygen atoms in total. The Morgan fingerprint density at radius 3 is 2.50 bits per heavy atom. The molecule has 30 heavy (non-hydrogen) atoms. The van der Waals surface area contributed by atoms with Crippen molar-refractivity contribution in [3.8, 4) is 11.4 Å². The number of nitrogens with one attached hydrogen (secondary N) is 1. The van der Waals surface area contributed by atoms with E-state index in [9.17, 15) is 18.0 Å². The first kappa shape index (κ1) is 19.4. The fourth-order valence-electron chi connectivity index (χ4n) is 3.02. The van der Waals surface area contributed by atoms with Gasteiger partial charge < -0.3 is 10.4 Å². The van der Waals surface area contributed by atoms with Gasteiger partial charge in [0.1, 0.15) is 5.65 Å². The van der Waals surface area contributed by atoms with Crippen LogP contribution in [0.4, 0.5) is 24.8 Å². The molecule has 0 bridgehead atoms. The number of anilines is 2. The topological polar surface area (TPSA) is 92.4 Å². The van der Waals surface area contributed by atoms with Crippen molar-refractivity contribution in [2.45, 2.75) is 13.1 Å².